The van der Waals surface area contributed by atoms with Crippen LogP contribution >= 0.6 is 0 Å². The van der Waals surface area contributed by atoms with E-state index in [9.17, 15) is 31.1 Å². The van der Waals surface area contributed by atoms with Crippen molar-refractivity contribution >= 4 is 5.91 Å². The van der Waals surface area contributed by atoms with Crippen molar-refractivity contribution in [1.82, 2.24) is 4.90 Å². The van der Waals surface area contributed by atoms with Gasteiger partial charge in [-0.25, -0.2) is 0 Å². The quantitative estimate of drug-likeness (QED) is 0.551. The van der Waals surface area contributed by atoms with Crippen molar-refractivity contribution in [2.45, 2.75) is 38.2 Å². The minimum atomic E-state index is -4.64. The zero-order valence-electron chi connectivity index (χ0n) is 14.0. The molecule has 0 aliphatic carbocycles. The van der Waals surface area contributed by atoms with Gasteiger partial charge in [0.15, 0.2) is 0 Å². The Morgan fingerprint density at radius 2 is 1.88 bits per heavy atom. The Kier molecular flexibility index (Phi) is 5.58. The van der Waals surface area contributed by atoms with Crippen LogP contribution in [0.3, 0.4) is 0 Å². The number of carbonyl (C=O) groups is 1. The molecule has 1 fully saturated rings. The predicted molar refractivity (Wildman–Crippen MR) is 81.5 cm³/mol. The molecule has 1 atom stereocenters. The Hall–Kier alpha value is -2.19. The van der Waals surface area contributed by atoms with Crippen LogP contribution in [0.25, 0.3) is 0 Å². The second kappa shape index (κ2) is 7.20. The first-order valence-electron chi connectivity index (χ1n) is 7.76. The van der Waals surface area contributed by atoms with Crippen LogP contribution in [0.15, 0.2) is 29.8 Å². The molecule has 1 saturated heterocycles. The van der Waals surface area contributed by atoms with Gasteiger partial charge in [0, 0.05) is 23.8 Å². The lowest BCUT2D eigenvalue weighted by Crippen LogP contribution is -2.30. The molecule has 0 spiro atoms. The number of amides is 1. The van der Waals surface area contributed by atoms with Gasteiger partial charge in [0.25, 0.3) is 0 Å². The van der Waals surface area contributed by atoms with Gasteiger partial charge >= 0.3 is 12.4 Å². The molecule has 1 aliphatic rings. The zero-order chi connectivity index (χ0) is 19.7. The molecule has 26 heavy (non-hydrogen) atoms. The first-order valence-corrected chi connectivity index (χ1v) is 7.76. The molecule has 144 valence electrons. The van der Waals surface area contributed by atoms with Crippen molar-refractivity contribution in [2.75, 3.05) is 13.7 Å². The second-order valence-corrected chi connectivity index (χ2v) is 5.97. The van der Waals surface area contributed by atoms with Crippen LogP contribution in [0.5, 0.6) is 5.75 Å². The average Bonchev–Trinajstić information content (AvgIpc) is 3.01. The summed E-state index contributed by atoms with van der Waals surface area (Å²) in [7, 11) is 1.28. The lowest BCUT2D eigenvalue weighted by molar-refractivity contribution is -0.137. The predicted octanol–water partition coefficient (Wildman–Crippen LogP) is 4.89. The average molecular weight is 381 g/mol. The Bertz CT molecular complexity index is 708. The largest absolute Gasteiger partial charge is 0.496 e. The maximum Gasteiger partial charge on any atom is 0.416 e. The summed E-state index contributed by atoms with van der Waals surface area (Å²) in [6.07, 6.45) is -7.95. The van der Waals surface area contributed by atoms with Crippen LogP contribution in [0.2, 0.25) is 0 Å². The Morgan fingerprint density at radius 3 is 2.42 bits per heavy atom. The van der Waals surface area contributed by atoms with Gasteiger partial charge in [-0.2, -0.15) is 26.3 Å². The number of hydrogen-bond acceptors (Lipinski definition) is 2. The highest BCUT2D eigenvalue weighted by atomic mass is 19.4. The molecule has 0 saturated carbocycles. The molecule has 0 bridgehead atoms. The fourth-order valence-electron chi connectivity index (χ4n) is 2.87. The number of benzene rings is 1. The minimum Gasteiger partial charge on any atom is -0.496 e. The van der Waals surface area contributed by atoms with Crippen LogP contribution in [0.4, 0.5) is 26.3 Å². The topological polar surface area (TPSA) is 29.5 Å². The smallest absolute Gasteiger partial charge is 0.416 e. The van der Waals surface area contributed by atoms with Gasteiger partial charge in [0.1, 0.15) is 5.75 Å². The van der Waals surface area contributed by atoms with Crippen LogP contribution in [-0.2, 0) is 11.0 Å². The molecule has 1 aromatic rings. The Morgan fingerprint density at radius 1 is 1.23 bits per heavy atom. The SMILES string of the molecule is COc1ccc(C(F)(F)F)cc1C1CCCN1C(=O)/C=C(\C)C(F)(F)F. The molecule has 1 unspecified atom stereocenters. The van der Waals surface area contributed by atoms with Crippen LogP contribution in [0.1, 0.15) is 36.9 Å². The lowest BCUT2D eigenvalue weighted by atomic mass is 10.00. The first-order chi connectivity index (χ1) is 11.9. The van der Waals surface area contributed by atoms with Gasteiger partial charge in [-0.1, -0.05) is 0 Å². The van der Waals surface area contributed by atoms with Gasteiger partial charge in [-0.3, -0.25) is 4.79 Å². The highest BCUT2D eigenvalue weighted by Gasteiger charge is 2.37. The summed E-state index contributed by atoms with van der Waals surface area (Å²) in [5.74, 6) is -0.735. The van der Waals surface area contributed by atoms with Crippen molar-refractivity contribution < 1.29 is 35.9 Å². The van der Waals surface area contributed by atoms with E-state index >= 15 is 0 Å². The van der Waals surface area contributed by atoms with E-state index in [-0.39, 0.29) is 17.9 Å². The molecule has 3 nitrogen and oxygen atoms in total. The van der Waals surface area contributed by atoms with Crippen LogP contribution < -0.4 is 4.74 Å². The number of halogens is 6. The molecular formula is C17H17F6NO2. The van der Waals surface area contributed by atoms with E-state index in [4.69, 9.17) is 4.74 Å². The third-order valence-electron chi connectivity index (χ3n) is 4.24. The molecule has 9 heteroatoms. The van der Waals surface area contributed by atoms with Crippen molar-refractivity contribution in [3.05, 3.63) is 41.0 Å². The highest BCUT2D eigenvalue weighted by Crippen LogP contribution is 2.41. The van der Waals surface area contributed by atoms with E-state index in [1.807, 2.05) is 0 Å². The summed E-state index contributed by atoms with van der Waals surface area (Å²) in [6, 6.07) is 2.11. The number of hydrogen-bond donors (Lipinski definition) is 0. The molecular weight excluding hydrogens is 364 g/mol. The van der Waals surface area contributed by atoms with E-state index in [2.05, 4.69) is 0 Å². The molecule has 1 aliphatic heterocycles. The number of nitrogens with zero attached hydrogens (tertiary/aromatic N) is 1. The van der Waals surface area contributed by atoms with Crippen LogP contribution in [-0.4, -0.2) is 30.6 Å². The van der Waals surface area contributed by atoms with E-state index in [1.165, 1.54) is 7.11 Å². The Labute approximate surface area is 146 Å². The van der Waals surface area contributed by atoms with Gasteiger partial charge < -0.3 is 9.64 Å². The van der Waals surface area contributed by atoms with E-state index < -0.39 is 35.4 Å². The number of allylic oxidation sites excluding steroid dienone is 1. The van der Waals surface area contributed by atoms with Gasteiger partial charge in [0.05, 0.1) is 18.7 Å². The van der Waals surface area contributed by atoms with E-state index in [0.717, 1.165) is 30.0 Å². The zero-order valence-corrected chi connectivity index (χ0v) is 14.0. The number of ether oxygens (including phenoxy) is 1. The molecule has 0 radical (unpaired) electrons. The van der Waals surface area contributed by atoms with Crippen molar-refractivity contribution in [3.63, 3.8) is 0 Å². The third-order valence-corrected chi connectivity index (χ3v) is 4.24. The standard InChI is InChI=1S/C17H17F6NO2/c1-10(16(18,19)20)8-15(25)24-7-3-4-13(24)12-9-11(17(21,22)23)5-6-14(12)26-2/h5-6,8-9,13H,3-4,7H2,1-2H3/b10-8+. The summed E-state index contributed by atoms with van der Waals surface area (Å²) in [5.41, 5.74) is -1.84. The van der Waals surface area contributed by atoms with Crippen molar-refractivity contribution in [2.24, 2.45) is 0 Å². The molecule has 1 aromatic carbocycles. The number of carbonyl (C=O) groups excluding carboxylic acids is 1. The normalized spacial score (nSPS) is 19.0. The summed E-state index contributed by atoms with van der Waals surface area (Å²) >= 11 is 0. The summed E-state index contributed by atoms with van der Waals surface area (Å²) in [5, 5.41) is 0. The lowest BCUT2D eigenvalue weighted by Gasteiger charge is -2.26. The third kappa shape index (κ3) is 4.31. The monoisotopic (exact) mass is 381 g/mol. The number of likely N-dealkylation sites (tertiary alicyclic amines) is 1. The number of rotatable bonds is 3. The van der Waals surface area contributed by atoms with E-state index in [1.54, 1.807) is 0 Å². The molecule has 2 rings (SSSR count). The number of methoxy groups -OCH3 is 1. The first kappa shape index (κ1) is 20.1. The fraction of sp³-hybridized carbons (Fsp3) is 0.471. The van der Waals surface area contributed by atoms with Crippen molar-refractivity contribution in [3.8, 4) is 5.75 Å². The maximum absolute atomic E-state index is 13.0. The second-order valence-electron chi connectivity index (χ2n) is 5.97. The van der Waals surface area contributed by atoms with Crippen LogP contribution in [0, 0.1) is 0 Å². The maximum atomic E-state index is 13.0. The van der Waals surface area contributed by atoms with Gasteiger partial charge in [-0.15, -0.1) is 0 Å². The minimum absolute atomic E-state index is 0.131. The highest BCUT2D eigenvalue weighted by molar-refractivity contribution is 5.89. The summed E-state index contributed by atoms with van der Waals surface area (Å²) in [6.45, 7) is 0.929. The van der Waals surface area contributed by atoms with Gasteiger partial charge in [-0.05, 0) is 38.0 Å². The number of alkyl halides is 6. The Balaban J connectivity index is 2.40. The van der Waals surface area contributed by atoms with Gasteiger partial charge in [0.2, 0.25) is 5.91 Å². The summed E-state index contributed by atoms with van der Waals surface area (Å²) in [4.78, 5) is 13.4. The van der Waals surface area contributed by atoms with E-state index in [0.29, 0.717) is 18.9 Å². The summed E-state index contributed by atoms with van der Waals surface area (Å²) < 4.78 is 82.0. The molecule has 1 amide bonds. The fourth-order valence-corrected chi connectivity index (χ4v) is 2.87. The molecule has 0 aromatic heterocycles. The van der Waals surface area contributed by atoms with Crippen molar-refractivity contribution in [1.29, 1.82) is 0 Å². The molecule has 1 heterocycles. The molecule has 0 N–H and O–H groups in total.